The zero-order valence-corrected chi connectivity index (χ0v) is 38.3. The highest BCUT2D eigenvalue weighted by molar-refractivity contribution is 7.47. The third-order valence-corrected chi connectivity index (χ3v) is 11.4. The van der Waals surface area contributed by atoms with Crippen molar-refractivity contribution in [3.63, 3.8) is 0 Å². The van der Waals surface area contributed by atoms with Crippen LogP contribution >= 0.6 is 7.82 Å². The summed E-state index contributed by atoms with van der Waals surface area (Å²) >= 11 is 0. The molecule has 0 spiro atoms. The van der Waals surface area contributed by atoms with E-state index in [0.29, 0.717) is 17.4 Å². The summed E-state index contributed by atoms with van der Waals surface area (Å²) < 4.78 is 23.5. The minimum Gasteiger partial charge on any atom is -0.387 e. The lowest BCUT2D eigenvalue weighted by molar-refractivity contribution is -0.870. The van der Waals surface area contributed by atoms with Crippen molar-refractivity contribution in [3.8, 4) is 0 Å². The molecule has 0 saturated carbocycles. The molecule has 0 rings (SSSR count). The first-order chi connectivity index (χ1) is 27.0. The van der Waals surface area contributed by atoms with Gasteiger partial charge in [-0.2, -0.15) is 0 Å². The molecule has 0 aromatic heterocycles. The van der Waals surface area contributed by atoms with Crippen LogP contribution < -0.4 is 5.32 Å². The van der Waals surface area contributed by atoms with E-state index in [1.54, 1.807) is 6.08 Å². The number of nitrogens with zero attached hydrogens (tertiary/aromatic N) is 1. The Bertz CT molecular complexity index is 1010. The molecular formula is C47H92N2O6P+. The average Bonchev–Trinajstić information content (AvgIpc) is 3.15. The van der Waals surface area contributed by atoms with Crippen LogP contribution in [0.4, 0.5) is 0 Å². The summed E-state index contributed by atoms with van der Waals surface area (Å²) in [5, 5.41) is 13.8. The second kappa shape index (κ2) is 39.2. The third-order valence-electron chi connectivity index (χ3n) is 10.4. The maximum absolute atomic E-state index is 12.8. The Hall–Kier alpha value is -1.28. The predicted octanol–water partition coefficient (Wildman–Crippen LogP) is 13.1. The first kappa shape index (κ1) is 54.7. The van der Waals surface area contributed by atoms with E-state index in [2.05, 4.69) is 37.4 Å². The molecular weight excluding hydrogens is 719 g/mol. The van der Waals surface area contributed by atoms with Gasteiger partial charge in [-0.15, -0.1) is 0 Å². The highest BCUT2D eigenvalue weighted by Crippen LogP contribution is 2.43. The number of hydrogen-bond acceptors (Lipinski definition) is 5. The lowest BCUT2D eigenvalue weighted by Crippen LogP contribution is -2.45. The van der Waals surface area contributed by atoms with Crippen molar-refractivity contribution < 1.29 is 32.9 Å². The van der Waals surface area contributed by atoms with E-state index >= 15 is 0 Å². The fraction of sp³-hybridized carbons (Fsp3) is 0.851. The zero-order chi connectivity index (χ0) is 41.4. The van der Waals surface area contributed by atoms with Crippen LogP contribution in [0.5, 0.6) is 0 Å². The number of aliphatic hydroxyl groups is 1. The van der Waals surface area contributed by atoms with Gasteiger partial charge >= 0.3 is 7.82 Å². The van der Waals surface area contributed by atoms with Gasteiger partial charge in [0.2, 0.25) is 5.91 Å². The number of quaternary nitrogens is 1. The Morgan fingerprint density at radius 2 is 1.02 bits per heavy atom. The van der Waals surface area contributed by atoms with Gasteiger partial charge in [0.15, 0.2) is 0 Å². The number of unbranched alkanes of at least 4 members (excludes halogenated alkanes) is 25. The van der Waals surface area contributed by atoms with Crippen molar-refractivity contribution >= 4 is 13.7 Å². The predicted molar refractivity (Wildman–Crippen MR) is 240 cm³/mol. The molecule has 0 radical (unpaired) electrons. The van der Waals surface area contributed by atoms with E-state index in [1.165, 1.54) is 148 Å². The Kier molecular flexibility index (Phi) is 38.3. The fourth-order valence-corrected chi connectivity index (χ4v) is 7.36. The molecule has 9 heteroatoms. The van der Waals surface area contributed by atoms with Crippen LogP contribution in [-0.2, 0) is 18.4 Å². The van der Waals surface area contributed by atoms with E-state index in [0.717, 1.165) is 32.1 Å². The molecule has 0 fully saturated rings. The van der Waals surface area contributed by atoms with Crippen molar-refractivity contribution in [1.29, 1.82) is 0 Å². The number of aliphatic hydroxyl groups excluding tert-OH is 1. The Morgan fingerprint density at radius 1 is 0.607 bits per heavy atom. The first-order valence-corrected chi connectivity index (χ1v) is 24.9. The lowest BCUT2D eigenvalue weighted by Gasteiger charge is -2.25. The van der Waals surface area contributed by atoms with Gasteiger partial charge in [0.05, 0.1) is 39.9 Å². The van der Waals surface area contributed by atoms with Gasteiger partial charge in [-0.05, 0) is 38.5 Å². The quantitative estimate of drug-likeness (QED) is 0.0245. The van der Waals surface area contributed by atoms with Crippen LogP contribution in [0.1, 0.15) is 206 Å². The van der Waals surface area contributed by atoms with Crippen LogP contribution in [-0.4, -0.2) is 73.4 Å². The second-order valence-corrected chi connectivity index (χ2v) is 18.6. The van der Waals surface area contributed by atoms with Crippen LogP contribution in [0.25, 0.3) is 0 Å². The molecule has 0 heterocycles. The molecule has 0 aromatic carbocycles. The number of amides is 1. The summed E-state index contributed by atoms with van der Waals surface area (Å²) in [4.78, 5) is 23.1. The molecule has 8 nitrogen and oxygen atoms in total. The number of hydrogen-bond donors (Lipinski definition) is 3. The number of carbonyl (C=O) groups excluding carboxylic acids is 1. The highest BCUT2D eigenvalue weighted by atomic mass is 31.2. The molecule has 0 aliphatic carbocycles. The molecule has 3 atom stereocenters. The van der Waals surface area contributed by atoms with Crippen molar-refractivity contribution in [1.82, 2.24) is 5.32 Å². The standard InChI is InChI=1S/C47H91N2O6P/c1-6-8-10-12-14-16-18-20-21-22-23-24-25-26-27-29-30-32-34-36-38-40-46(50)45(44-55-56(52,53)54-43-42-49(3,4)5)48-47(51)41-39-37-35-33-31-28-19-17-15-13-11-9-7-2/h28,31,35,37-38,40,45-46,50H,6-27,29-30,32-34,36,39,41-44H2,1-5H3,(H-,48,51,52,53)/p+1/b31-28-,37-35-,40-38+. The number of nitrogens with one attached hydrogen (secondary N) is 1. The van der Waals surface area contributed by atoms with E-state index < -0.39 is 20.0 Å². The number of carbonyl (C=O) groups is 1. The zero-order valence-electron chi connectivity index (χ0n) is 37.4. The van der Waals surface area contributed by atoms with Crippen molar-refractivity contribution in [2.24, 2.45) is 0 Å². The number of rotatable bonds is 42. The van der Waals surface area contributed by atoms with Gasteiger partial charge in [0, 0.05) is 6.42 Å². The van der Waals surface area contributed by atoms with Gasteiger partial charge in [0.1, 0.15) is 13.2 Å². The smallest absolute Gasteiger partial charge is 0.387 e. The maximum Gasteiger partial charge on any atom is 0.472 e. The van der Waals surface area contributed by atoms with E-state index in [9.17, 15) is 19.4 Å². The molecule has 56 heavy (non-hydrogen) atoms. The summed E-state index contributed by atoms with van der Waals surface area (Å²) in [5.74, 6) is -0.244. The van der Waals surface area contributed by atoms with Crippen molar-refractivity contribution in [3.05, 3.63) is 36.5 Å². The molecule has 1 amide bonds. The first-order valence-electron chi connectivity index (χ1n) is 23.4. The number of likely N-dealkylation sites (N-methyl/N-ethyl adjacent to an activating group) is 1. The molecule has 0 aromatic rings. The average molecular weight is 812 g/mol. The van der Waals surface area contributed by atoms with E-state index in [4.69, 9.17) is 9.05 Å². The minimum absolute atomic E-state index is 0.0524. The SMILES string of the molecule is CCCCCCCC/C=C\C/C=C\CCC(=O)NC(COP(=O)(O)OCC[N+](C)(C)C)C(O)/C=C/CCCCCCCCCCCCCCCCCCCCC. The third kappa shape index (κ3) is 40.9. The topological polar surface area (TPSA) is 105 Å². The van der Waals surface area contributed by atoms with E-state index in [-0.39, 0.29) is 25.5 Å². The minimum atomic E-state index is -4.35. The molecule has 0 aliphatic rings. The van der Waals surface area contributed by atoms with Gasteiger partial charge in [-0.25, -0.2) is 4.57 Å². The lowest BCUT2D eigenvalue weighted by atomic mass is 10.0. The normalized spacial score (nSPS) is 14.6. The largest absolute Gasteiger partial charge is 0.472 e. The van der Waals surface area contributed by atoms with Gasteiger partial charge in [-0.3, -0.25) is 13.8 Å². The molecule has 0 bridgehead atoms. The number of phosphoric acid groups is 1. The Labute approximate surface area is 347 Å². The molecule has 3 N–H and O–H groups in total. The molecule has 0 saturated heterocycles. The van der Waals surface area contributed by atoms with Crippen molar-refractivity contribution in [2.45, 2.75) is 219 Å². The summed E-state index contributed by atoms with van der Waals surface area (Å²) in [6, 6.07) is -0.875. The summed E-state index contributed by atoms with van der Waals surface area (Å²) in [7, 11) is 1.54. The Morgan fingerprint density at radius 3 is 1.46 bits per heavy atom. The van der Waals surface area contributed by atoms with Crippen LogP contribution in [0, 0.1) is 0 Å². The summed E-state index contributed by atoms with van der Waals surface area (Å²) in [6.07, 6.45) is 48.1. The highest BCUT2D eigenvalue weighted by Gasteiger charge is 2.27. The van der Waals surface area contributed by atoms with Crippen LogP contribution in [0.2, 0.25) is 0 Å². The van der Waals surface area contributed by atoms with Gasteiger partial charge in [-0.1, -0.05) is 198 Å². The summed E-state index contributed by atoms with van der Waals surface area (Å²) in [5.41, 5.74) is 0. The van der Waals surface area contributed by atoms with Crippen LogP contribution in [0.3, 0.4) is 0 Å². The molecule has 0 aliphatic heterocycles. The fourth-order valence-electron chi connectivity index (χ4n) is 6.62. The monoisotopic (exact) mass is 812 g/mol. The van der Waals surface area contributed by atoms with Gasteiger partial charge in [0.25, 0.3) is 0 Å². The molecule has 330 valence electrons. The second-order valence-electron chi connectivity index (χ2n) is 17.1. The van der Waals surface area contributed by atoms with Gasteiger partial charge < -0.3 is 19.8 Å². The molecule has 3 unspecified atom stereocenters. The Balaban J connectivity index is 4.40. The summed E-state index contributed by atoms with van der Waals surface area (Å²) in [6.45, 7) is 4.77. The van der Waals surface area contributed by atoms with E-state index in [1.807, 2.05) is 33.3 Å². The van der Waals surface area contributed by atoms with Crippen LogP contribution in [0.15, 0.2) is 36.5 Å². The number of allylic oxidation sites excluding steroid dienone is 5. The van der Waals surface area contributed by atoms with Crippen molar-refractivity contribution in [2.75, 3.05) is 40.9 Å². The maximum atomic E-state index is 12.8. The number of phosphoric ester groups is 1.